The fourth-order valence-electron chi connectivity index (χ4n) is 3.02. The fraction of sp³-hybridized carbons (Fsp3) is 0.727. The summed E-state index contributed by atoms with van der Waals surface area (Å²) < 4.78 is 0. The van der Waals surface area contributed by atoms with Gasteiger partial charge in [-0.15, -0.1) is 0 Å². The van der Waals surface area contributed by atoms with Gasteiger partial charge in [-0.2, -0.15) is 0 Å². The first-order chi connectivity index (χ1) is 7.67. The summed E-state index contributed by atoms with van der Waals surface area (Å²) in [6.45, 7) is 5.07. The van der Waals surface area contributed by atoms with Gasteiger partial charge in [0.2, 0.25) is 0 Å². The molecule has 0 aromatic carbocycles. The minimum Gasteiger partial charge on any atom is -0.481 e. The number of carboxylic acid groups (broad SMARTS) is 1. The molecule has 0 unspecified atom stereocenters. The van der Waals surface area contributed by atoms with E-state index in [1.807, 2.05) is 0 Å². The molecule has 0 bridgehead atoms. The zero-order valence-corrected chi connectivity index (χ0v) is 10.1. The van der Waals surface area contributed by atoms with Crippen molar-refractivity contribution >= 4 is 17.9 Å². The molecule has 1 saturated carbocycles. The first-order valence-electron chi connectivity index (χ1n) is 5.54. The van der Waals surface area contributed by atoms with Crippen molar-refractivity contribution in [1.29, 1.82) is 0 Å². The molecule has 1 heterocycles. The van der Waals surface area contributed by atoms with Crippen molar-refractivity contribution < 1.29 is 19.5 Å². The quantitative estimate of drug-likeness (QED) is 0.581. The van der Waals surface area contributed by atoms with Crippen LogP contribution < -0.4 is 10.6 Å². The van der Waals surface area contributed by atoms with Crippen LogP contribution >= 0.6 is 0 Å². The van der Waals surface area contributed by atoms with Crippen LogP contribution in [0.1, 0.15) is 33.6 Å². The highest BCUT2D eigenvalue weighted by Crippen LogP contribution is 2.58. The third kappa shape index (κ3) is 1.13. The molecular formula is C11H16N2O4. The maximum atomic E-state index is 11.9. The van der Waals surface area contributed by atoms with Crippen LogP contribution in [0.2, 0.25) is 0 Å². The maximum Gasteiger partial charge on any atom is 0.322 e. The summed E-state index contributed by atoms with van der Waals surface area (Å²) in [6.07, 6.45) is 0.712. The van der Waals surface area contributed by atoms with Crippen LogP contribution in [0.5, 0.6) is 0 Å². The number of rotatable bonds is 1. The highest BCUT2D eigenvalue weighted by Gasteiger charge is 2.69. The average Bonchev–Trinajstić information content (AvgIpc) is 2.59. The number of carbonyl (C=O) groups is 3. The van der Waals surface area contributed by atoms with Crippen molar-refractivity contribution in [3.05, 3.63) is 0 Å². The van der Waals surface area contributed by atoms with Crippen molar-refractivity contribution in [3.8, 4) is 0 Å². The van der Waals surface area contributed by atoms with Gasteiger partial charge in [-0.25, -0.2) is 4.79 Å². The Labute approximate surface area is 98.8 Å². The summed E-state index contributed by atoms with van der Waals surface area (Å²) in [5, 5.41) is 14.2. The van der Waals surface area contributed by atoms with E-state index in [1.54, 1.807) is 20.8 Å². The van der Waals surface area contributed by atoms with Crippen molar-refractivity contribution in [1.82, 2.24) is 10.6 Å². The molecule has 0 radical (unpaired) electrons. The molecule has 6 nitrogen and oxygen atoms in total. The van der Waals surface area contributed by atoms with Crippen molar-refractivity contribution in [2.75, 3.05) is 0 Å². The van der Waals surface area contributed by atoms with E-state index in [0.29, 0.717) is 12.8 Å². The van der Waals surface area contributed by atoms with E-state index in [4.69, 9.17) is 0 Å². The Bertz CT molecular complexity index is 431. The van der Waals surface area contributed by atoms with Gasteiger partial charge in [0.05, 0.1) is 5.41 Å². The minimum absolute atomic E-state index is 0.348. The van der Waals surface area contributed by atoms with Crippen LogP contribution in [0.4, 0.5) is 4.79 Å². The standard InChI is InChI=1S/C11H16N2O4/c1-9(2)10(3,7(15)16)4-5-11(9)6(14)12-8(17)13-11/h4-5H2,1-3H3,(H,15,16)(H2,12,13,14,17)/t10-,11-/m0/s1. The van der Waals surface area contributed by atoms with E-state index in [0.717, 1.165) is 0 Å². The van der Waals surface area contributed by atoms with Crippen LogP contribution in [0.3, 0.4) is 0 Å². The molecular weight excluding hydrogens is 224 g/mol. The Hall–Kier alpha value is -1.59. The Morgan fingerprint density at radius 1 is 1.24 bits per heavy atom. The summed E-state index contributed by atoms with van der Waals surface area (Å²) in [5.41, 5.74) is -2.97. The number of urea groups is 1. The van der Waals surface area contributed by atoms with Gasteiger partial charge < -0.3 is 10.4 Å². The van der Waals surface area contributed by atoms with Crippen LogP contribution in [0, 0.1) is 10.8 Å². The van der Waals surface area contributed by atoms with Gasteiger partial charge in [0.25, 0.3) is 5.91 Å². The Balaban J connectivity index is 2.52. The van der Waals surface area contributed by atoms with Gasteiger partial charge in [0.1, 0.15) is 5.54 Å². The zero-order valence-electron chi connectivity index (χ0n) is 10.1. The summed E-state index contributed by atoms with van der Waals surface area (Å²) >= 11 is 0. The lowest BCUT2D eigenvalue weighted by Gasteiger charge is -2.42. The minimum atomic E-state index is -1.10. The lowest BCUT2D eigenvalue weighted by atomic mass is 9.62. The molecule has 2 fully saturated rings. The largest absolute Gasteiger partial charge is 0.481 e. The summed E-state index contributed by atoms with van der Waals surface area (Å²) in [5.74, 6) is -1.36. The molecule has 2 aliphatic rings. The van der Waals surface area contributed by atoms with Gasteiger partial charge in [0.15, 0.2) is 0 Å². The molecule has 0 aromatic heterocycles. The lowest BCUT2D eigenvalue weighted by Crippen LogP contribution is -2.59. The third-order valence-corrected chi connectivity index (χ3v) is 4.86. The van der Waals surface area contributed by atoms with E-state index in [2.05, 4.69) is 10.6 Å². The molecule has 1 aliphatic heterocycles. The second-order valence-electron chi connectivity index (χ2n) is 5.58. The summed E-state index contributed by atoms with van der Waals surface area (Å²) in [7, 11) is 0. The molecule has 1 spiro atoms. The molecule has 2 rings (SSSR count). The van der Waals surface area contributed by atoms with E-state index >= 15 is 0 Å². The highest BCUT2D eigenvalue weighted by molar-refractivity contribution is 6.08. The molecule has 2 atom stereocenters. The van der Waals surface area contributed by atoms with Crippen LogP contribution in [-0.4, -0.2) is 28.6 Å². The van der Waals surface area contributed by atoms with Gasteiger partial charge in [-0.3, -0.25) is 14.9 Å². The fourth-order valence-corrected chi connectivity index (χ4v) is 3.02. The number of nitrogens with one attached hydrogen (secondary N) is 2. The summed E-state index contributed by atoms with van der Waals surface area (Å²) in [4.78, 5) is 34.7. The molecule has 94 valence electrons. The lowest BCUT2D eigenvalue weighted by molar-refractivity contribution is -0.155. The van der Waals surface area contributed by atoms with Crippen molar-refractivity contribution in [3.63, 3.8) is 0 Å². The van der Waals surface area contributed by atoms with Gasteiger partial charge in [-0.05, 0) is 19.8 Å². The number of aliphatic carboxylic acids is 1. The Kier molecular flexibility index (Phi) is 2.09. The maximum absolute atomic E-state index is 11.9. The molecule has 0 aromatic rings. The topological polar surface area (TPSA) is 95.5 Å². The smallest absolute Gasteiger partial charge is 0.322 e. The monoisotopic (exact) mass is 240 g/mol. The van der Waals surface area contributed by atoms with Crippen molar-refractivity contribution in [2.45, 2.75) is 39.2 Å². The predicted molar refractivity (Wildman–Crippen MR) is 58.2 cm³/mol. The van der Waals surface area contributed by atoms with Gasteiger partial charge in [0, 0.05) is 5.41 Å². The van der Waals surface area contributed by atoms with E-state index in [-0.39, 0.29) is 0 Å². The second-order valence-corrected chi connectivity index (χ2v) is 5.58. The van der Waals surface area contributed by atoms with E-state index in [9.17, 15) is 19.5 Å². The van der Waals surface area contributed by atoms with Crippen LogP contribution in [0.25, 0.3) is 0 Å². The zero-order chi connectivity index (χ0) is 13.1. The predicted octanol–water partition coefficient (Wildman–Crippen LogP) is 0.476. The number of imide groups is 1. The Morgan fingerprint density at radius 2 is 1.82 bits per heavy atom. The Morgan fingerprint density at radius 3 is 2.18 bits per heavy atom. The first-order valence-corrected chi connectivity index (χ1v) is 5.54. The van der Waals surface area contributed by atoms with Crippen LogP contribution in [-0.2, 0) is 9.59 Å². The van der Waals surface area contributed by atoms with Crippen molar-refractivity contribution in [2.24, 2.45) is 10.8 Å². The molecule has 1 saturated heterocycles. The number of hydrogen-bond donors (Lipinski definition) is 3. The average molecular weight is 240 g/mol. The normalized spacial score (nSPS) is 39.2. The first kappa shape index (κ1) is 11.9. The van der Waals surface area contributed by atoms with Crippen LogP contribution in [0.15, 0.2) is 0 Å². The summed E-state index contributed by atoms with van der Waals surface area (Å²) in [6, 6.07) is -0.544. The highest BCUT2D eigenvalue weighted by atomic mass is 16.4. The third-order valence-electron chi connectivity index (χ3n) is 4.86. The number of amides is 3. The molecule has 3 N–H and O–H groups in total. The van der Waals surface area contributed by atoms with Gasteiger partial charge in [-0.1, -0.05) is 13.8 Å². The number of carboxylic acids is 1. The molecule has 6 heteroatoms. The van der Waals surface area contributed by atoms with E-state index < -0.39 is 34.3 Å². The van der Waals surface area contributed by atoms with Gasteiger partial charge >= 0.3 is 12.0 Å². The van der Waals surface area contributed by atoms with E-state index in [1.165, 1.54) is 0 Å². The SMILES string of the molecule is CC1(C)[C@](C)(C(=O)O)CC[C@@]12NC(=O)NC2=O. The molecule has 17 heavy (non-hydrogen) atoms. The number of carbonyl (C=O) groups excluding carboxylic acids is 2. The molecule has 1 aliphatic carbocycles. The number of hydrogen-bond acceptors (Lipinski definition) is 3. The second kappa shape index (κ2) is 3.00. The molecule has 3 amide bonds.